The fourth-order valence-corrected chi connectivity index (χ4v) is 5.75. The van der Waals surface area contributed by atoms with Crippen molar-refractivity contribution >= 4 is 17.8 Å². The molecule has 3 N–H and O–H groups in total. The second kappa shape index (κ2) is 22.9. The zero-order valence-electron chi connectivity index (χ0n) is 28.5. The van der Waals surface area contributed by atoms with E-state index in [0.717, 1.165) is 5.56 Å². The molecule has 0 radical (unpaired) electrons. The van der Waals surface area contributed by atoms with Crippen molar-refractivity contribution in [1.29, 1.82) is 0 Å². The fraction of sp³-hybridized carbons (Fsp3) is 0.686. The SMILES string of the molecule is CC(COCCC(=O)NCC(=O)O[C@@H](CCc1ccccc1)CC[C@@H]1[C@@H](C/C=C\CCCC(=O)OC(C)C)[C@@H](O)C[C@H]1O)CO[N+](=O)[O-]. The number of hydrogen-bond acceptors (Lipinski definition) is 11. The molecule has 270 valence electrons. The minimum atomic E-state index is -0.867. The lowest BCUT2D eigenvalue weighted by Gasteiger charge is -2.25. The van der Waals surface area contributed by atoms with Crippen LogP contribution >= 0.6 is 0 Å². The van der Waals surface area contributed by atoms with Gasteiger partial charge in [-0.2, -0.15) is 0 Å². The zero-order chi connectivity index (χ0) is 35.3. The van der Waals surface area contributed by atoms with Crippen LogP contribution in [-0.4, -0.2) is 83.9 Å². The van der Waals surface area contributed by atoms with Gasteiger partial charge in [0, 0.05) is 18.8 Å². The third kappa shape index (κ3) is 17.6. The highest BCUT2D eigenvalue weighted by atomic mass is 16.9. The number of nitrogens with one attached hydrogen (secondary N) is 1. The van der Waals surface area contributed by atoms with Crippen molar-refractivity contribution in [2.45, 2.75) is 109 Å². The van der Waals surface area contributed by atoms with Crippen LogP contribution in [0.5, 0.6) is 0 Å². The first-order valence-electron chi connectivity index (χ1n) is 17.0. The van der Waals surface area contributed by atoms with Crippen LogP contribution in [0.25, 0.3) is 0 Å². The van der Waals surface area contributed by atoms with Crippen LogP contribution in [0.1, 0.15) is 84.1 Å². The number of amides is 1. The predicted molar refractivity (Wildman–Crippen MR) is 177 cm³/mol. The van der Waals surface area contributed by atoms with Crippen LogP contribution in [0.15, 0.2) is 42.5 Å². The molecule has 0 heterocycles. The summed E-state index contributed by atoms with van der Waals surface area (Å²) < 4.78 is 16.3. The summed E-state index contributed by atoms with van der Waals surface area (Å²) in [5, 5.41) is 33.4. The number of aliphatic hydroxyl groups is 2. The highest BCUT2D eigenvalue weighted by Gasteiger charge is 2.40. The Morgan fingerprint density at radius 3 is 2.42 bits per heavy atom. The Balaban J connectivity index is 1.84. The number of carbonyl (C=O) groups excluding carboxylic acids is 3. The van der Waals surface area contributed by atoms with Crippen molar-refractivity contribution in [3.8, 4) is 0 Å². The average molecular weight is 679 g/mol. The molecular weight excluding hydrogens is 624 g/mol. The van der Waals surface area contributed by atoms with E-state index in [1.165, 1.54) is 0 Å². The van der Waals surface area contributed by atoms with Crippen molar-refractivity contribution in [2.75, 3.05) is 26.4 Å². The minimum absolute atomic E-state index is 0.00985. The van der Waals surface area contributed by atoms with Gasteiger partial charge in [-0.15, -0.1) is 10.1 Å². The summed E-state index contributed by atoms with van der Waals surface area (Å²) in [4.78, 5) is 51.3. The third-order valence-electron chi connectivity index (χ3n) is 8.20. The first-order valence-corrected chi connectivity index (χ1v) is 17.0. The second-order valence-electron chi connectivity index (χ2n) is 12.8. The molecule has 1 aliphatic carbocycles. The standard InChI is InChI=1S/C35H54N2O11/c1-25(2)47-34(41)14-10-5-4-9-13-29-30(32(39)21-31(29)38)18-17-28(16-15-27-11-7-6-8-12-27)48-35(42)22-36-33(40)19-20-45-23-26(3)24-46-37(43)44/h4,6-9,11-12,25-26,28-32,38-39H,5,10,13-24H2,1-3H3,(H,36,40)/b9-4-/t26?,28-,29+,30+,31-,32+/m0/s1. The normalized spacial score (nSPS) is 20.4. The first-order chi connectivity index (χ1) is 22.9. The third-order valence-corrected chi connectivity index (χ3v) is 8.20. The summed E-state index contributed by atoms with van der Waals surface area (Å²) in [6, 6.07) is 9.83. The van der Waals surface area contributed by atoms with Gasteiger partial charge in [0.05, 0.1) is 31.5 Å². The van der Waals surface area contributed by atoms with Crippen LogP contribution < -0.4 is 5.32 Å². The van der Waals surface area contributed by atoms with E-state index in [0.29, 0.717) is 57.8 Å². The van der Waals surface area contributed by atoms with Gasteiger partial charge in [0.15, 0.2) is 0 Å². The minimum Gasteiger partial charge on any atom is -0.463 e. The van der Waals surface area contributed by atoms with Gasteiger partial charge in [0.25, 0.3) is 5.09 Å². The van der Waals surface area contributed by atoms with E-state index in [1.54, 1.807) is 6.92 Å². The van der Waals surface area contributed by atoms with Gasteiger partial charge in [-0.05, 0) is 82.6 Å². The van der Waals surface area contributed by atoms with E-state index < -0.39 is 35.3 Å². The molecule has 0 spiro atoms. The van der Waals surface area contributed by atoms with Crippen LogP contribution in [-0.2, 0) is 39.9 Å². The summed E-state index contributed by atoms with van der Waals surface area (Å²) in [7, 11) is 0. The van der Waals surface area contributed by atoms with Crippen molar-refractivity contribution in [3.63, 3.8) is 0 Å². The fourth-order valence-electron chi connectivity index (χ4n) is 5.75. The van der Waals surface area contributed by atoms with E-state index in [-0.39, 0.29) is 62.6 Å². The largest absolute Gasteiger partial charge is 0.463 e. The Hall–Kier alpha value is -3.55. The molecule has 1 amide bonds. The number of unbranched alkanes of at least 4 members (excludes halogenated alkanes) is 1. The number of aliphatic hydroxyl groups excluding tert-OH is 2. The molecule has 13 nitrogen and oxygen atoms in total. The van der Waals surface area contributed by atoms with Crippen molar-refractivity contribution in [1.82, 2.24) is 5.32 Å². The molecule has 48 heavy (non-hydrogen) atoms. The Labute approximate surface area is 283 Å². The summed E-state index contributed by atoms with van der Waals surface area (Å²) in [6.45, 7) is 5.22. The lowest BCUT2D eigenvalue weighted by molar-refractivity contribution is -0.759. The van der Waals surface area contributed by atoms with E-state index in [1.807, 2.05) is 56.3 Å². The molecule has 2 rings (SSSR count). The lowest BCUT2D eigenvalue weighted by Crippen LogP contribution is -2.33. The molecule has 0 aliphatic heterocycles. The van der Waals surface area contributed by atoms with Crippen molar-refractivity contribution < 1.29 is 48.7 Å². The molecule has 6 atom stereocenters. The summed E-state index contributed by atoms with van der Waals surface area (Å²) in [5.74, 6) is -1.71. The number of rotatable bonds is 24. The quantitative estimate of drug-likeness (QED) is 0.0470. The molecule has 1 unspecified atom stereocenters. The highest BCUT2D eigenvalue weighted by Crippen LogP contribution is 2.38. The Morgan fingerprint density at radius 1 is 0.979 bits per heavy atom. The van der Waals surface area contributed by atoms with Gasteiger partial charge in [0.1, 0.15) is 19.3 Å². The molecule has 1 aromatic rings. The van der Waals surface area contributed by atoms with E-state index in [4.69, 9.17) is 14.2 Å². The van der Waals surface area contributed by atoms with E-state index in [9.17, 15) is 34.7 Å². The monoisotopic (exact) mass is 678 g/mol. The molecule has 0 saturated heterocycles. The van der Waals surface area contributed by atoms with Gasteiger partial charge in [0.2, 0.25) is 5.91 Å². The summed E-state index contributed by atoms with van der Waals surface area (Å²) in [6.07, 6.45) is 7.02. The number of ether oxygens (including phenoxy) is 3. The van der Waals surface area contributed by atoms with Gasteiger partial charge in [-0.1, -0.05) is 49.4 Å². The Morgan fingerprint density at radius 2 is 1.71 bits per heavy atom. The van der Waals surface area contributed by atoms with E-state index in [2.05, 4.69) is 10.2 Å². The number of esters is 2. The summed E-state index contributed by atoms with van der Waals surface area (Å²) >= 11 is 0. The lowest BCUT2D eigenvalue weighted by atomic mass is 9.85. The number of aryl methyl sites for hydroxylation is 1. The van der Waals surface area contributed by atoms with Gasteiger partial charge < -0.3 is 34.6 Å². The topological polar surface area (TPSA) is 184 Å². The van der Waals surface area contributed by atoms with Gasteiger partial charge in [-0.3, -0.25) is 14.4 Å². The zero-order valence-corrected chi connectivity index (χ0v) is 28.5. The smallest absolute Gasteiger partial charge is 0.325 e. The van der Waals surface area contributed by atoms with Crippen molar-refractivity contribution in [2.24, 2.45) is 17.8 Å². The van der Waals surface area contributed by atoms with Crippen LogP contribution in [0.2, 0.25) is 0 Å². The highest BCUT2D eigenvalue weighted by molar-refractivity contribution is 5.81. The van der Waals surface area contributed by atoms with Crippen molar-refractivity contribution in [3.05, 3.63) is 58.2 Å². The first kappa shape index (κ1) is 40.6. The maximum absolute atomic E-state index is 12.7. The second-order valence-corrected chi connectivity index (χ2v) is 12.8. The maximum atomic E-state index is 12.7. The van der Waals surface area contributed by atoms with Crippen LogP contribution in [0, 0.1) is 27.9 Å². The average Bonchev–Trinajstić information content (AvgIpc) is 3.31. The maximum Gasteiger partial charge on any atom is 0.325 e. The molecule has 1 saturated carbocycles. The van der Waals surface area contributed by atoms with Gasteiger partial charge >= 0.3 is 11.9 Å². The molecule has 13 heteroatoms. The number of allylic oxidation sites excluding steroid dienone is 2. The van der Waals surface area contributed by atoms with Gasteiger partial charge in [-0.25, -0.2) is 0 Å². The van der Waals surface area contributed by atoms with E-state index >= 15 is 0 Å². The Bertz CT molecular complexity index is 1130. The molecule has 1 fully saturated rings. The van der Waals surface area contributed by atoms with Crippen LogP contribution in [0.3, 0.4) is 0 Å². The predicted octanol–water partition coefficient (Wildman–Crippen LogP) is 4.10. The summed E-state index contributed by atoms with van der Waals surface area (Å²) in [5.41, 5.74) is 1.10. The van der Waals surface area contributed by atoms with Crippen LogP contribution in [0.4, 0.5) is 0 Å². The Kier molecular flexibility index (Phi) is 19.4. The number of hydrogen-bond donors (Lipinski definition) is 3. The molecule has 1 aliphatic rings. The molecular formula is C35H54N2O11. The number of benzene rings is 1. The molecule has 0 aromatic heterocycles. The molecule has 1 aromatic carbocycles. The molecule has 0 bridgehead atoms. The number of carbonyl (C=O) groups is 3. The number of nitrogens with zero attached hydrogens (tertiary/aromatic N) is 1.